The molecule has 6 heteroatoms. The first-order chi connectivity index (χ1) is 14.8. The van der Waals surface area contributed by atoms with Crippen LogP contribution in [0.2, 0.25) is 0 Å². The topological polar surface area (TPSA) is 49.4 Å². The molecule has 1 atom stereocenters. The van der Waals surface area contributed by atoms with Crippen LogP contribution in [0, 0.1) is 0 Å². The molecular formula is C25H26N2O2S2. The van der Waals surface area contributed by atoms with Crippen LogP contribution in [0.15, 0.2) is 66.0 Å². The molecule has 1 aliphatic rings. The zero-order chi connectivity index (χ0) is 22.0. The first-order valence-corrected chi connectivity index (χ1v) is 12.2. The minimum Gasteiger partial charge on any atom is -0.326 e. The predicted molar refractivity (Wildman–Crippen MR) is 131 cm³/mol. The molecule has 0 saturated carbocycles. The van der Waals surface area contributed by atoms with Crippen LogP contribution in [-0.4, -0.2) is 17.6 Å². The maximum Gasteiger partial charge on any atom is 0.238 e. The van der Waals surface area contributed by atoms with Crippen LogP contribution in [0.1, 0.15) is 42.1 Å². The van der Waals surface area contributed by atoms with E-state index in [1.807, 2.05) is 58.8 Å². The van der Waals surface area contributed by atoms with Gasteiger partial charge in [0.05, 0.1) is 12.2 Å². The maximum absolute atomic E-state index is 12.7. The van der Waals surface area contributed by atoms with Gasteiger partial charge in [-0.2, -0.15) is 0 Å². The van der Waals surface area contributed by atoms with Gasteiger partial charge >= 0.3 is 0 Å². The highest BCUT2D eigenvalue weighted by Gasteiger charge is 2.34. The number of thiophene rings is 1. The number of amides is 2. The van der Waals surface area contributed by atoms with E-state index in [0.29, 0.717) is 12.2 Å². The summed E-state index contributed by atoms with van der Waals surface area (Å²) in [6, 6.07) is 20.0. The summed E-state index contributed by atoms with van der Waals surface area (Å²) in [6.07, 6.45) is 0.366. The predicted octanol–water partition coefficient (Wildman–Crippen LogP) is 6.01. The molecule has 1 unspecified atom stereocenters. The highest BCUT2D eigenvalue weighted by Crippen LogP contribution is 2.42. The lowest BCUT2D eigenvalue weighted by molar-refractivity contribution is -0.116. The van der Waals surface area contributed by atoms with E-state index in [1.165, 1.54) is 5.56 Å². The van der Waals surface area contributed by atoms with Crippen molar-refractivity contribution in [3.63, 3.8) is 0 Å². The lowest BCUT2D eigenvalue weighted by Crippen LogP contribution is -2.28. The number of hydrogen-bond donors (Lipinski definition) is 1. The van der Waals surface area contributed by atoms with Gasteiger partial charge in [0, 0.05) is 16.3 Å². The van der Waals surface area contributed by atoms with Crippen LogP contribution in [0.5, 0.6) is 0 Å². The van der Waals surface area contributed by atoms with Crippen molar-refractivity contribution in [2.24, 2.45) is 0 Å². The zero-order valence-corrected chi connectivity index (χ0v) is 19.6. The molecule has 2 amide bonds. The molecule has 4 nitrogen and oxygen atoms in total. The number of carbonyl (C=O) groups is 2. The van der Waals surface area contributed by atoms with Gasteiger partial charge in [-0.05, 0) is 52.3 Å². The number of carbonyl (C=O) groups excluding carboxylic acids is 2. The van der Waals surface area contributed by atoms with Gasteiger partial charge < -0.3 is 5.32 Å². The average molecular weight is 451 g/mol. The van der Waals surface area contributed by atoms with E-state index in [0.717, 1.165) is 21.8 Å². The molecule has 0 radical (unpaired) electrons. The van der Waals surface area contributed by atoms with Gasteiger partial charge in [-0.25, -0.2) is 0 Å². The van der Waals surface area contributed by atoms with E-state index >= 15 is 0 Å². The van der Waals surface area contributed by atoms with Gasteiger partial charge in [-0.15, -0.1) is 23.1 Å². The van der Waals surface area contributed by atoms with Crippen molar-refractivity contribution >= 4 is 46.3 Å². The Morgan fingerprint density at radius 2 is 1.87 bits per heavy atom. The minimum atomic E-state index is -0.109. The van der Waals surface area contributed by atoms with E-state index in [1.54, 1.807) is 23.1 Å². The second-order valence-corrected chi connectivity index (χ2v) is 10.8. The summed E-state index contributed by atoms with van der Waals surface area (Å²) in [6.45, 7) is 6.54. The number of nitrogens with one attached hydrogen (secondary N) is 1. The smallest absolute Gasteiger partial charge is 0.238 e. The van der Waals surface area contributed by atoms with Crippen molar-refractivity contribution in [2.75, 3.05) is 16.0 Å². The first kappa shape index (κ1) is 21.7. The molecule has 0 bridgehead atoms. The van der Waals surface area contributed by atoms with Crippen LogP contribution < -0.4 is 10.2 Å². The van der Waals surface area contributed by atoms with Gasteiger partial charge in [-0.1, -0.05) is 51.1 Å². The lowest BCUT2D eigenvalue weighted by atomic mass is 9.87. The van der Waals surface area contributed by atoms with Crippen molar-refractivity contribution in [1.82, 2.24) is 0 Å². The van der Waals surface area contributed by atoms with Crippen LogP contribution in [0.25, 0.3) is 0 Å². The summed E-state index contributed by atoms with van der Waals surface area (Å²) in [5, 5.41) is 4.85. The summed E-state index contributed by atoms with van der Waals surface area (Å²) in [4.78, 5) is 28.0. The third-order valence-corrected chi connectivity index (χ3v) is 7.34. The number of hydrogen-bond acceptors (Lipinski definition) is 4. The summed E-state index contributed by atoms with van der Waals surface area (Å²) in [5.41, 5.74) is 3.96. The molecule has 1 aliphatic heterocycles. The number of nitrogens with zero attached hydrogens (tertiary/aromatic N) is 1. The Balaban J connectivity index is 1.53. The molecule has 1 saturated heterocycles. The summed E-state index contributed by atoms with van der Waals surface area (Å²) in [7, 11) is 0. The van der Waals surface area contributed by atoms with Gasteiger partial charge in [-0.3, -0.25) is 14.5 Å². The minimum absolute atomic E-state index is 0.0376. The lowest BCUT2D eigenvalue weighted by Gasteiger charge is -2.26. The Morgan fingerprint density at radius 1 is 1.10 bits per heavy atom. The number of rotatable bonds is 5. The van der Waals surface area contributed by atoms with Crippen LogP contribution in [-0.2, 0) is 21.4 Å². The molecule has 4 rings (SSSR count). The molecule has 31 heavy (non-hydrogen) atoms. The zero-order valence-electron chi connectivity index (χ0n) is 17.9. The Kier molecular flexibility index (Phi) is 6.21. The van der Waals surface area contributed by atoms with Crippen molar-refractivity contribution in [2.45, 2.75) is 38.0 Å². The van der Waals surface area contributed by atoms with E-state index in [2.05, 4.69) is 38.2 Å². The Bertz CT molecular complexity index is 1070. The molecule has 2 aromatic carbocycles. The van der Waals surface area contributed by atoms with Crippen molar-refractivity contribution in [3.8, 4) is 0 Å². The van der Waals surface area contributed by atoms with Gasteiger partial charge in [0.2, 0.25) is 11.8 Å². The third kappa shape index (κ3) is 5.02. The molecule has 0 spiro atoms. The molecular weight excluding hydrogens is 424 g/mol. The maximum atomic E-state index is 12.7. The van der Waals surface area contributed by atoms with E-state index < -0.39 is 0 Å². The fraction of sp³-hybridized carbons (Fsp3) is 0.280. The molecule has 3 aromatic rings. The Morgan fingerprint density at radius 3 is 2.55 bits per heavy atom. The fourth-order valence-electron chi connectivity index (χ4n) is 3.62. The number of thioether (sulfide) groups is 1. The second-order valence-electron chi connectivity index (χ2n) is 8.65. The summed E-state index contributed by atoms with van der Waals surface area (Å²) in [5.74, 6) is 0.510. The number of anilines is 2. The normalized spacial score (nSPS) is 16.5. The van der Waals surface area contributed by atoms with Crippen LogP contribution in [0.3, 0.4) is 0 Å². The van der Waals surface area contributed by atoms with E-state index in [4.69, 9.17) is 0 Å². The SMILES string of the molecule is CC(C)(C)c1ccc(N2C(=O)CSC2c2cccc(NC(=O)Cc3cccs3)c2)cc1. The van der Waals surface area contributed by atoms with Crippen molar-refractivity contribution in [3.05, 3.63) is 82.0 Å². The molecule has 160 valence electrons. The molecule has 1 N–H and O–H groups in total. The van der Waals surface area contributed by atoms with E-state index in [-0.39, 0.29) is 22.6 Å². The first-order valence-electron chi connectivity index (χ1n) is 10.3. The van der Waals surface area contributed by atoms with Crippen molar-refractivity contribution in [1.29, 1.82) is 0 Å². The summed E-state index contributed by atoms with van der Waals surface area (Å²) < 4.78 is 0. The van der Waals surface area contributed by atoms with Gasteiger partial charge in [0.15, 0.2) is 0 Å². The standard InChI is InChI=1S/C25H26N2O2S2/c1-25(2,3)18-9-11-20(12-10-18)27-23(29)16-31-24(27)17-6-4-7-19(14-17)26-22(28)15-21-8-5-13-30-21/h4-14,24H,15-16H2,1-3H3,(H,26,28). The Labute approximate surface area is 191 Å². The average Bonchev–Trinajstić information content (AvgIpc) is 3.37. The molecule has 1 fully saturated rings. The van der Waals surface area contributed by atoms with E-state index in [9.17, 15) is 9.59 Å². The fourth-order valence-corrected chi connectivity index (χ4v) is 5.49. The highest BCUT2D eigenvalue weighted by molar-refractivity contribution is 8.00. The molecule has 1 aromatic heterocycles. The summed E-state index contributed by atoms with van der Waals surface area (Å²) >= 11 is 3.19. The largest absolute Gasteiger partial charge is 0.326 e. The van der Waals surface area contributed by atoms with Gasteiger partial charge in [0.25, 0.3) is 0 Å². The molecule has 0 aliphatic carbocycles. The van der Waals surface area contributed by atoms with Crippen LogP contribution in [0.4, 0.5) is 11.4 Å². The third-order valence-electron chi connectivity index (χ3n) is 5.25. The van der Waals surface area contributed by atoms with Crippen LogP contribution >= 0.6 is 23.1 Å². The van der Waals surface area contributed by atoms with Crippen molar-refractivity contribution < 1.29 is 9.59 Å². The monoisotopic (exact) mass is 450 g/mol. The highest BCUT2D eigenvalue weighted by atomic mass is 32.2. The second kappa shape index (κ2) is 8.89. The van der Waals surface area contributed by atoms with Gasteiger partial charge in [0.1, 0.15) is 5.37 Å². The Hall–Kier alpha value is -2.57. The molecule has 2 heterocycles. The number of benzene rings is 2. The quantitative estimate of drug-likeness (QED) is 0.518.